The van der Waals surface area contributed by atoms with Crippen LogP contribution in [-0.4, -0.2) is 23.1 Å². The first-order chi connectivity index (χ1) is 4.00. The van der Waals surface area contributed by atoms with E-state index >= 15 is 0 Å². The molecule has 0 spiro atoms. The van der Waals surface area contributed by atoms with Gasteiger partial charge in [-0.3, -0.25) is 7.05 Å². The molecule has 1 rings (SSSR count). The summed E-state index contributed by atoms with van der Waals surface area (Å²) in [5.74, 6) is 0. The Balaban J connectivity index is -0.000000114. The van der Waals surface area contributed by atoms with Crippen LogP contribution in [0.4, 0.5) is 0 Å². The molecule has 0 aromatic heterocycles. The van der Waals surface area contributed by atoms with Gasteiger partial charge in [0.1, 0.15) is 0 Å². The molecule has 1 aromatic rings. The minimum Gasteiger partial charge on any atom is -0.486 e. The van der Waals surface area contributed by atoms with E-state index in [0.717, 1.165) is 0 Å². The summed E-state index contributed by atoms with van der Waals surface area (Å²) >= 11 is 0. The van der Waals surface area contributed by atoms with Crippen LogP contribution >= 0.6 is 12.4 Å². The first kappa shape index (κ1) is 16.7. The van der Waals surface area contributed by atoms with Crippen LogP contribution in [0.1, 0.15) is 0 Å². The van der Waals surface area contributed by atoms with Crippen molar-refractivity contribution >= 4 is 35.5 Å². The number of hydrogen-bond acceptors (Lipinski definition) is 1. The molecule has 0 aliphatic heterocycles. The van der Waals surface area contributed by atoms with Crippen molar-refractivity contribution < 1.29 is 0 Å². The van der Waals surface area contributed by atoms with Gasteiger partial charge >= 0.3 is 23.1 Å². The normalized spacial score (nSPS) is 5.40. The van der Waals surface area contributed by atoms with E-state index < -0.39 is 0 Å². The molecular formula is C7H10ClMgN. The predicted octanol–water partition coefficient (Wildman–Crippen LogP) is 1.26. The Morgan fingerprint density at radius 1 is 1.00 bits per heavy atom. The predicted molar refractivity (Wildman–Crippen MR) is 47.8 cm³/mol. The molecule has 0 radical (unpaired) electrons. The Bertz CT molecular complexity index is 85.5. The molecule has 0 saturated carbocycles. The third kappa shape index (κ3) is 11.1. The molecule has 1 nitrogen and oxygen atoms in total. The van der Waals surface area contributed by atoms with Crippen LogP contribution in [0.15, 0.2) is 30.3 Å². The number of nitrogens with two attached hydrogens (primary N) is 1. The summed E-state index contributed by atoms with van der Waals surface area (Å²) in [6.45, 7) is 0. The van der Waals surface area contributed by atoms with Crippen molar-refractivity contribution in [1.82, 2.24) is 0 Å². The average Bonchev–Trinajstić information content (AvgIpc) is 1.96. The van der Waals surface area contributed by atoms with E-state index in [2.05, 4.69) is 18.8 Å². The smallest absolute Gasteiger partial charge is 0.486 e. The SMILES string of the molecule is Cl.[CH2-]N.[Mg+2].[c-]1ccccc1. The molecule has 0 unspecified atom stereocenters. The van der Waals surface area contributed by atoms with Crippen LogP contribution in [0.3, 0.4) is 0 Å². The van der Waals surface area contributed by atoms with Crippen molar-refractivity contribution in [2.24, 2.45) is 5.73 Å². The third-order valence-corrected chi connectivity index (χ3v) is 0.607. The first-order valence-electron chi connectivity index (χ1n) is 2.32. The summed E-state index contributed by atoms with van der Waals surface area (Å²) in [7, 11) is 2.75. The molecule has 0 heterocycles. The van der Waals surface area contributed by atoms with Gasteiger partial charge in [-0.05, 0) is 0 Å². The minimum absolute atomic E-state index is 0. The van der Waals surface area contributed by atoms with E-state index in [1.54, 1.807) is 0 Å². The number of halogens is 1. The Morgan fingerprint density at radius 2 is 1.40 bits per heavy atom. The van der Waals surface area contributed by atoms with E-state index in [4.69, 9.17) is 0 Å². The van der Waals surface area contributed by atoms with Crippen LogP contribution < -0.4 is 5.73 Å². The summed E-state index contributed by atoms with van der Waals surface area (Å²) in [5.41, 5.74) is 4.25. The molecule has 10 heavy (non-hydrogen) atoms. The minimum atomic E-state index is 0. The summed E-state index contributed by atoms with van der Waals surface area (Å²) in [6.07, 6.45) is 0. The molecule has 52 valence electrons. The van der Waals surface area contributed by atoms with Gasteiger partial charge in [0, 0.05) is 0 Å². The van der Waals surface area contributed by atoms with Gasteiger partial charge in [-0.2, -0.15) is 36.4 Å². The molecule has 3 heteroatoms. The molecule has 0 saturated heterocycles. The largest absolute Gasteiger partial charge is 2.00 e. The van der Waals surface area contributed by atoms with Crippen molar-refractivity contribution in [2.75, 3.05) is 0 Å². The fraction of sp³-hybridized carbons (Fsp3) is 0. The molecule has 0 aliphatic carbocycles. The standard InChI is InChI=1S/C6H5.CH4N.ClH.Mg/c1-2-4-6-5-3-1;1-2;;/h1-5H;1-2H2;1H;/q2*-1;;+2. The second-order valence-corrected chi connectivity index (χ2v) is 1.08. The van der Waals surface area contributed by atoms with Gasteiger partial charge in [0.15, 0.2) is 0 Å². The molecule has 0 aliphatic rings. The van der Waals surface area contributed by atoms with Crippen LogP contribution in [0.5, 0.6) is 0 Å². The van der Waals surface area contributed by atoms with Gasteiger partial charge in [-0.1, -0.05) is 0 Å². The Hall–Kier alpha value is 0.236. The quantitative estimate of drug-likeness (QED) is 0.458. The number of benzene rings is 1. The molecule has 0 atom stereocenters. The Morgan fingerprint density at radius 3 is 1.50 bits per heavy atom. The van der Waals surface area contributed by atoms with Gasteiger partial charge in [0.25, 0.3) is 0 Å². The van der Waals surface area contributed by atoms with E-state index in [0.29, 0.717) is 0 Å². The summed E-state index contributed by atoms with van der Waals surface area (Å²) < 4.78 is 0. The van der Waals surface area contributed by atoms with E-state index in [1.807, 2.05) is 30.3 Å². The third-order valence-electron chi connectivity index (χ3n) is 0.607. The Kier molecular flexibility index (Phi) is 26.9. The number of hydrogen-bond donors (Lipinski definition) is 1. The maximum Gasteiger partial charge on any atom is 2.00 e. The van der Waals surface area contributed by atoms with Gasteiger partial charge < -0.3 is 5.73 Å². The molecule has 0 fully saturated rings. The monoisotopic (exact) mass is 167 g/mol. The Labute approximate surface area is 84.6 Å². The van der Waals surface area contributed by atoms with Crippen molar-refractivity contribution in [1.29, 1.82) is 0 Å². The first-order valence-corrected chi connectivity index (χ1v) is 2.32. The van der Waals surface area contributed by atoms with Crippen molar-refractivity contribution in [3.05, 3.63) is 43.4 Å². The van der Waals surface area contributed by atoms with Crippen LogP contribution in [-0.2, 0) is 0 Å². The van der Waals surface area contributed by atoms with E-state index in [9.17, 15) is 0 Å². The molecular weight excluding hydrogens is 158 g/mol. The second-order valence-electron chi connectivity index (χ2n) is 1.08. The fourth-order valence-electron chi connectivity index (χ4n) is 0.342. The molecule has 0 bridgehead atoms. The summed E-state index contributed by atoms with van der Waals surface area (Å²) in [5, 5.41) is 0. The van der Waals surface area contributed by atoms with Crippen LogP contribution in [0, 0.1) is 13.1 Å². The van der Waals surface area contributed by atoms with E-state index in [1.165, 1.54) is 0 Å². The van der Waals surface area contributed by atoms with Crippen molar-refractivity contribution in [2.45, 2.75) is 0 Å². The zero-order chi connectivity index (χ0) is 6.24. The average molecular weight is 168 g/mol. The molecule has 2 N–H and O–H groups in total. The second kappa shape index (κ2) is 16.1. The van der Waals surface area contributed by atoms with Gasteiger partial charge in [0.05, 0.1) is 0 Å². The fourth-order valence-corrected chi connectivity index (χ4v) is 0.342. The van der Waals surface area contributed by atoms with Crippen molar-refractivity contribution in [3.8, 4) is 0 Å². The van der Waals surface area contributed by atoms with E-state index in [-0.39, 0.29) is 35.5 Å². The summed E-state index contributed by atoms with van der Waals surface area (Å²) in [4.78, 5) is 0. The van der Waals surface area contributed by atoms with Crippen molar-refractivity contribution in [3.63, 3.8) is 0 Å². The van der Waals surface area contributed by atoms with Gasteiger partial charge in [-0.15, -0.1) is 12.4 Å². The van der Waals surface area contributed by atoms with Gasteiger partial charge in [-0.25, -0.2) is 0 Å². The maximum absolute atomic E-state index is 4.25. The van der Waals surface area contributed by atoms with Crippen LogP contribution in [0.2, 0.25) is 0 Å². The van der Waals surface area contributed by atoms with Gasteiger partial charge in [0.2, 0.25) is 0 Å². The zero-order valence-electron chi connectivity index (χ0n) is 5.79. The maximum atomic E-state index is 4.25. The molecule has 1 aromatic carbocycles. The number of rotatable bonds is 0. The van der Waals surface area contributed by atoms with Crippen LogP contribution in [0.25, 0.3) is 0 Å². The molecule has 0 amide bonds. The zero-order valence-corrected chi connectivity index (χ0v) is 8.02. The summed E-state index contributed by atoms with van der Waals surface area (Å²) in [6, 6.07) is 12.5. The topological polar surface area (TPSA) is 26.0 Å².